The van der Waals surface area contributed by atoms with Crippen molar-refractivity contribution in [3.05, 3.63) is 132 Å². The van der Waals surface area contributed by atoms with E-state index in [-0.39, 0.29) is 24.1 Å². The van der Waals surface area contributed by atoms with E-state index in [1.807, 2.05) is 36.4 Å². The molecule has 0 fully saturated rings. The number of nitrogens with one attached hydrogen (secondary N) is 1. The average Bonchev–Trinajstić information content (AvgIpc) is 3.30. The molecule has 0 spiro atoms. The summed E-state index contributed by atoms with van der Waals surface area (Å²) in [6, 6.07) is 26.4. The first-order valence-electron chi connectivity index (χ1n) is 12.2. The minimum Gasteiger partial charge on any atom is -0.497 e. The zero-order chi connectivity index (χ0) is 25.6. The van der Waals surface area contributed by atoms with Crippen LogP contribution in [0.3, 0.4) is 0 Å². The lowest BCUT2D eigenvalue weighted by Crippen LogP contribution is -2.25. The summed E-state index contributed by atoms with van der Waals surface area (Å²) in [5.41, 5.74) is 5.14. The Morgan fingerprint density at radius 3 is 2.41 bits per heavy atom. The third-order valence-electron chi connectivity index (χ3n) is 6.61. The number of ether oxygens (including phenoxy) is 1. The highest BCUT2D eigenvalue weighted by Crippen LogP contribution is 2.35. The van der Waals surface area contributed by atoms with E-state index in [1.165, 1.54) is 12.1 Å². The van der Waals surface area contributed by atoms with Crippen LogP contribution in [0.15, 0.2) is 104 Å². The Morgan fingerprint density at radius 1 is 0.946 bits per heavy atom. The molecule has 6 heteroatoms. The van der Waals surface area contributed by atoms with Gasteiger partial charge in [-0.3, -0.25) is 9.78 Å². The maximum Gasteiger partial charge on any atom is 0.221 e. The van der Waals surface area contributed by atoms with Gasteiger partial charge in [0, 0.05) is 54.9 Å². The van der Waals surface area contributed by atoms with E-state index in [1.54, 1.807) is 31.6 Å². The molecule has 186 valence electrons. The van der Waals surface area contributed by atoms with Gasteiger partial charge in [0.15, 0.2) is 0 Å². The van der Waals surface area contributed by atoms with Gasteiger partial charge in [0.2, 0.25) is 5.91 Å². The molecule has 5 aromatic rings. The lowest BCUT2D eigenvalue weighted by atomic mass is 9.88. The van der Waals surface area contributed by atoms with Gasteiger partial charge >= 0.3 is 0 Å². The van der Waals surface area contributed by atoms with Crippen molar-refractivity contribution >= 4 is 16.8 Å². The van der Waals surface area contributed by atoms with Crippen LogP contribution in [0.1, 0.15) is 34.6 Å². The summed E-state index contributed by atoms with van der Waals surface area (Å²) >= 11 is 0. The van der Waals surface area contributed by atoms with Crippen molar-refractivity contribution in [2.75, 3.05) is 7.11 Å². The predicted molar refractivity (Wildman–Crippen MR) is 143 cm³/mol. The number of fused-ring (bicyclic) bond motifs is 1. The van der Waals surface area contributed by atoms with Crippen LogP contribution in [-0.4, -0.2) is 22.6 Å². The van der Waals surface area contributed by atoms with Crippen LogP contribution < -0.4 is 10.1 Å². The number of hydrogen-bond donors (Lipinski definition) is 1. The quantitative estimate of drug-likeness (QED) is 0.271. The van der Waals surface area contributed by atoms with E-state index >= 15 is 0 Å². The first-order valence-corrected chi connectivity index (χ1v) is 12.2. The normalized spacial score (nSPS) is 11.8. The fraction of sp³-hybridized carbons (Fsp3) is 0.161. The lowest BCUT2D eigenvalue weighted by Gasteiger charge is -2.17. The number of para-hydroxylation sites is 1. The second kappa shape index (κ2) is 11.1. The summed E-state index contributed by atoms with van der Waals surface area (Å²) in [7, 11) is 1.66. The number of carbonyl (C=O) groups excluding carboxylic acids is 1. The van der Waals surface area contributed by atoms with E-state index < -0.39 is 0 Å². The van der Waals surface area contributed by atoms with Crippen LogP contribution in [0.2, 0.25) is 0 Å². The monoisotopic (exact) mass is 493 g/mol. The topological polar surface area (TPSA) is 56.1 Å². The maximum atomic E-state index is 13.8. The largest absolute Gasteiger partial charge is 0.497 e. The Morgan fingerprint density at radius 2 is 1.68 bits per heavy atom. The standard InChI is InChI=1S/C31H28FN3O2/c1-37-26-12-6-23(7-13-26)20-35-21-29(27-4-2-3-5-30(27)35)28(24-8-10-25(32)11-9-24)18-31(36)34-19-22-14-16-33-17-15-22/h2-17,21,28H,18-20H2,1H3,(H,34,36). The number of rotatable bonds is 9. The molecule has 2 heterocycles. The molecule has 0 aliphatic rings. The predicted octanol–water partition coefficient (Wildman–Crippen LogP) is 6.07. The van der Waals surface area contributed by atoms with Gasteiger partial charge in [-0.1, -0.05) is 42.5 Å². The summed E-state index contributed by atoms with van der Waals surface area (Å²) in [5, 5.41) is 4.10. The van der Waals surface area contributed by atoms with E-state index in [9.17, 15) is 9.18 Å². The second-order valence-corrected chi connectivity index (χ2v) is 9.02. The number of carbonyl (C=O) groups is 1. The highest BCUT2D eigenvalue weighted by Gasteiger charge is 2.23. The minimum absolute atomic E-state index is 0.0712. The summed E-state index contributed by atoms with van der Waals surface area (Å²) in [6.07, 6.45) is 5.79. The second-order valence-electron chi connectivity index (χ2n) is 9.02. The molecule has 1 N–H and O–H groups in total. The summed E-state index contributed by atoms with van der Waals surface area (Å²) in [6.45, 7) is 1.10. The zero-order valence-corrected chi connectivity index (χ0v) is 20.6. The number of benzene rings is 3. The Balaban J connectivity index is 1.48. The average molecular weight is 494 g/mol. The molecule has 0 saturated heterocycles. The summed E-state index contributed by atoms with van der Waals surface area (Å²) in [5.74, 6) is 0.209. The fourth-order valence-electron chi connectivity index (χ4n) is 4.67. The van der Waals surface area contributed by atoms with Crippen molar-refractivity contribution < 1.29 is 13.9 Å². The summed E-state index contributed by atoms with van der Waals surface area (Å²) in [4.78, 5) is 17.1. The fourth-order valence-corrected chi connectivity index (χ4v) is 4.67. The van der Waals surface area contributed by atoms with Gasteiger partial charge < -0.3 is 14.6 Å². The molecule has 0 bridgehead atoms. The van der Waals surface area contributed by atoms with Crippen molar-refractivity contribution in [2.45, 2.75) is 25.4 Å². The Kier molecular flexibility index (Phi) is 7.26. The highest BCUT2D eigenvalue weighted by molar-refractivity contribution is 5.86. The van der Waals surface area contributed by atoms with Crippen LogP contribution in [0.4, 0.5) is 4.39 Å². The molecular formula is C31H28FN3O2. The van der Waals surface area contributed by atoms with Crippen LogP contribution in [0.25, 0.3) is 10.9 Å². The molecule has 2 aromatic heterocycles. The van der Waals surface area contributed by atoms with Gasteiger partial charge in [-0.15, -0.1) is 0 Å². The number of pyridine rings is 1. The molecule has 0 aliphatic carbocycles. The smallest absolute Gasteiger partial charge is 0.221 e. The van der Waals surface area contributed by atoms with Crippen molar-refractivity contribution in [3.63, 3.8) is 0 Å². The molecule has 3 aromatic carbocycles. The molecule has 0 saturated carbocycles. The van der Waals surface area contributed by atoms with Crippen molar-refractivity contribution in [3.8, 4) is 5.75 Å². The third kappa shape index (κ3) is 5.70. The molecule has 1 unspecified atom stereocenters. The van der Waals surface area contributed by atoms with Crippen LogP contribution in [-0.2, 0) is 17.9 Å². The van der Waals surface area contributed by atoms with Crippen molar-refractivity contribution in [1.29, 1.82) is 0 Å². The molecule has 0 aliphatic heterocycles. The number of amides is 1. The molecule has 37 heavy (non-hydrogen) atoms. The first-order chi connectivity index (χ1) is 18.1. The summed E-state index contributed by atoms with van der Waals surface area (Å²) < 4.78 is 21.3. The van der Waals surface area contributed by atoms with Crippen LogP contribution in [0.5, 0.6) is 5.75 Å². The minimum atomic E-state index is -0.299. The molecule has 1 atom stereocenters. The van der Waals surface area contributed by atoms with Crippen molar-refractivity contribution in [2.24, 2.45) is 0 Å². The molecule has 1 amide bonds. The van der Waals surface area contributed by atoms with Gasteiger partial charge in [0.1, 0.15) is 11.6 Å². The number of aromatic nitrogens is 2. The third-order valence-corrected chi connectivity index (χ3v) is 6.61. The maximum absolute atomic E-state index is 13.8. The molecule has 5 rings (SSSR count). The van der Waals surface area contributed by atoms with Gasteiger partial charge in [0.05, 0.1) is 7.11 Å². The van der Waals surface area contributed by atoms with Crippen LogP contribution >= 0.6 is 0 Å². The Labute approximate surface area is 215 Å². The number of nitrogens with zero attached hydrogens (tertiary/aromatic N) is 2. The molecule has 0 radical (unpaired) electrons. The van der Waals surface area contributed by atoms with Gasteiger partial charge in [-0.2, -0.15) is 0 Å². The lowest BCUT2D eigenvalue weighted by molar-refractivity contribution is -0.121. The van der Waals surface area contributed by atoms with Gasteiger partial charge in [-0.25, -0.2) is 4.39 Å². The number of halogens is 1. The number of hydrogen-bond acceptors (Lipinski definition) is 3. The highest BCUT2D eigenvalue weighted by atomic mass is 19.1. The van der Waals surface area contributed by atoms with Gasteiger partial charge in [-0.05, 0) is 64.7 Å². The Hall–Kier alpha value is -4.45. The van der Waals surface area contributed by atoms with E-state index in [4.69, 9.17) is 4.74 Å². The van der Waals surface area contributed by atoms with E-state index in [2.05, 4.69) is 45.3 Å². The number of methoxy groups -OCH3 is 1. The molecular weight excluding hydrogens is 465 g/mol. The van der Waals surface area contributed by atoms with Gasteiger partial charge in [0.25, 0.3) is 0 Å². The van der Waals surface area contributed by atoms with Crippen molar-refractivity contribution in [1.82, 2.24) is 14.9 Å². The first kappa shape index (κ1) is 24.3. The van der Waals surface area contributed by atoms with E-state index in [0.717, 1.165) is 38.9 Å². The molecule has 5 nitrogen and oxygen atoms in total. The van der Waals surface area contributed by atoms with E-state index in [0.29, 0.717) is 13.1 Å². The zero-order valence-electron chi connectivity index (χ0n) is 20.6. The SMILES string of the molecule is COc1ccc(Cn2cc(C(CC(=O)NCc3ccncc3)c3ccc(F)cc3)c3ccccc32)cc1. The Bertz CT molecular complexity index is 1480. The van der Waals surface area contributed by atoms with Crippen LogP contribution in [0, 0.1) is 5.82 Å².